The molecule has 1 radical (unpaired) electrons. The van der Waals surface area contributed by atoms with Crippen LogP contribution in [0.5, 0.6) is 0 Å². The molecule has 0 aliphatic carbocycles. The number of unbranched alkanes of at least 4 members (excludes halogenated alkanes) is 2. The van der Waals surface area contributed by atoms with Crippen LogP contribution in [-0.4, -0.2) is 0 Å². The number of halogens is 1. The molecule has 0 amide bonds. The summed E-state index contributed by atoms with van der Waals surface area (Å²) in [5.41, 5.74) is 5.68. The molecule has 0 bridgehead atoms. The van der Waals surface area contributed by atoms with Crippen LogP contribution < -0.4 is 0 Å². The van der Waals surface area contributed by atoms with Gasteiger partial charge in [-0.3, -0.25) is 0 Å². The van der Waals surface area contributed by atoms with E-state index in [2.05, 4.69) is 66.2 Å². The second-order valence-electron chi connectivity index (χ2n) is 5.56. The molecule has 0 heterocycles. The Morgan fingerprint density at radius 2 is 1.52 bits per heavy atom. The lowest BCUT2D eigenvalue weighted by atomic mass is 9.89. The standard InChI is InChI=1S/C20H24Br/c1-3-5-10-16-12-9-13-17(11-6-4-2)20(16)18-14-7-8-15-19(18)21/h7-9,12-14H,3-6,10-11H2,1-2H3. The molecule has 0 saturated carbocycles. The Morgan fingerprint density at radius 1 is 0.905 bits per heavy atom. The van der Waals surface area contributed by atoms with Gasteiger partial charge in [-0.25, -0.2) is 0 Å². The van der Waals surface area contributed by atoms with E-state index >= 15 is 0 Å². The zero-order valence-electron chi connectivity index (χ0n) is 13.1. The average Bonchev–Trinajstić information content (AvgIpc) is 2.51. The summed E-state index contributed by atoms with van der Waals surface area (Å²) in [6, 6.07) is 16.3. The van der Waals surface area contributed by atoms with Gasteiger partial charge in [-0.1, -0.05) is 63.1 Å². The van der Waals surface area contributed by atoms with Gasteiger partial charge in [0, 0.05) is 4.47 Å². The number of benzene rings is 2. The van der Waals surface area contributed by atoms with Crippen LogP contribution in [0.15, 0.2) is 40.9 Å². The largest absolute Gasteiger partial charge is 0.0654 e. The Morgan fingerprint density at radius 3 is 2.05 bits per heavy atom. The van der Waals surface area contributed by atoms with Crippen molar-refractivity contribution < 1.29 is 0 Å². The van der Waals surface area contributed by atoms with Gasteiger partial charge in [0.25, 0.3) is 0 Å². The molecular formula is C20H24Br. The summed E-state index contributed by atoms with van der Waals surface area (Å²) < 4.78 is 1.08. The third kappa shape index (κ3) is 4.20. The highest BCUT2D eigenvalue weighted by atomic mass is 79.9. The fourth-order valence-electron chi connectivity index (χ4n) is 2.76. The van der Waals surface area contributed by atoms with Gasteiger partial charge < -0.3 is 0 Å². The number of aryl methyl sites for hydroxylation is 2. The maximum absolute atomic E-state index is 3.68. The Kier molecular flexibility index (Phi) is 6.50. The van der Waals surface area contributed by atoms with E-state index in [1.807, 2.05) is 6.07 Å². The van der Waals surface area contributed by atoms with Crippen LogP contribution in [0.2, 0.25) is 0 Å². The maximum atomic E-state index is 3.68. The van der Waals surface area contributed by atoms with Crippen LogP contribution in [0.25, 0.3) is 11.1 Å². The summed E-state index contributed by atoms with van der Waals surface area (Å²) in [5.74, 6) is 0. The van der Waals surface area contributed by atoms with Crippen molar-refractivity contribution in [3.8, 4) is 11.1 Å². The van der Waals surface area contributed by atoms with E-state index in [0.29, 0.717) is 0 Å². The lowest BCUT2D eigenvalue weighted by Gasteiger charge is -2.16. The minimum Gasteiger partial charge on any atom is -0.0654 e. The van der Waals surface area contributed by atoms with Gasteiger partial charge in [-0.2, -0.15) is 0 Å². The minimum atomic E-state index is 1.08. The number of hydrogen-bond acceptors (Lipinski definition) is 0. The molecule has 2 aromatic rings. The minimum absolute atomic E-state index is 1.08. The second-order valence-corrected chi connectivity index (χ2v) is 6.35. The molecule has 2 aromatic carbocycles. The van der Waals surface area contributed by atoms with Gasteiger partial charge in [-0.05, 0) is 69.9 Å². The predicted molar refractivity (Wildman–Crippen MR) is 95.6 cm³/mol. The fraction of sp³-hybridized carbons (Fsp3) is 0.400. The van der Waals surface area contributed by atoms with Gasteiger partial charge in [0.2, 0.25) is 0 Å². The molecule has 111 valence electrons. The van der Waals surface area contributed by atoms with Crippen molar-refractivity contribution in [2.45, 2.75) is 52.4 Å². The first kappa shape index (κ1) is 16.3. The molecule has 0 aromatic heterocycles. The van der Waals surface area contributed by atoms with Crippen LogP contribution in [0.1, 0.15) is 50.7 Å². The Balaban J connectivity index is 2.49. The molecule has 0 atom stereocenters. The van der Waals surface area contributed by atoms with Crippen molar-refractivity contribution in [1.82, 2.24) is 0 Å². The molecule has 1 heteroatoms. The lowest BCUT2D eigenvalue weighted by Crippen LogP contribution is -1.98. The monoisotopic (exact) mass is 343 g/mol. The van der Waals surface area contributed by atoms with E-state index in [1.54, 1.807) is 0 Å². The summed E-state index contributed by atoms with van der Waals surface area (Å²) in [6.07, 6.45) is 7.29. The fourth-order valence-corrected chi connectivity index (χ4v) is 3.22. The normalized spacial score (nSPS) is 10.8. The Labute approximate surface area is 137 Å². The van der Waals surface area contributed by atoms with Crippen molar-refractivity contribution in [3.63, 3.8) is 0 Å². The summed E-state index contributed by atoms with van der Waals surface area (Å²) in [4.78, 5) is 0. The van der Waals surface area contributed by atoms with Gasteiger partial charge in [-0.15, -0.1) is 0 Å². The van der Waals surface area contributed by atoms with E-state index in [1.165, 1.54) is 47.9 Å². The van der Waals surface area contributed by atoms with Crippen LogP contribution in [0, 0.1) is 6.07 Å². The smallest absolute Gasteiger partial charge is 0.0332 e. The predicted octanol–water partition coefficient (Wildman–Crippen LogP) is 6.60. The Hall–Kier alpha value is -1.08. The topological polar surface area (TPSA) is 0 Å². The van der Waals surface area contributed by atoms with Crippen molar-refractivity contribution >= 4 is 15.9 Å². The first-order valence-electron chi connectivity index (χ1n) is 8.05. The molecule has 0 nitrogen and oxygen atoms in total. The summed E-state index contributed by atoms with van der Waals surface area (Å²) in [5, 5.41) is 0. The van der Waals surface area contributed by atoms with Gasteiger partial charge in [0.1, 0.15) is 0 Å². The molecule has 0 spiro atoms. The van der Waals surface area contributed by atoms with Gasteiger partial charge in [0.05, 0.1) is 0 Å². The van der Waals surface area contributed by atoms with Crippen molar-refractivity contribution in [3.05, 3.63) is 58.1 Å². The van der Waals surface area contributed by atoms with Crippen LogP contribution in [0.3, 0.4) is 0 Å². The molecule has 0 unspecified atom stereocenters. The number of hydrogen-bond donors (Lipinski definition) is 0. The summed E-state index contributed by atoms with van der Waals surface area (Å²) in [7, 11) is 0. The molecular weight excluding hydrogens is 320 g/mol. The molecule has 0 fully saturated rings. The number of rotatable bonds is 7. The van der Waals surface area contributed by atoms with Crippen LogP contribution in [0.4, 0.5) is 0 Å². The van der Waals surface area contributed by atoms with E-state index < -0.39 is 0 Å². The maximum Gasteiger partial charge on any atom is 0.0332 e. The average molecular weight is 344 g/mol. The van der Waals surface area contributed by atoms with Gasteiger partial charge in [0.15, 0.2) is 0 Å². The lowest BCUT2D eigenvalue weighted by molar-refractivity contribution is 0.782. The van der Waals surface area contributed by atoms with Crippen LogP contribution >= 0.6 is 15.9 Å². The Bertz CT molecular complexity index is 546. The SMILES string of the molecule is CCCCc1cccc(CCCC)c1-c1ccc[c]c1Br. The molecule has 0 N–H and O–H groups in total. The zero-order chi connectivity index (χ0) is 15.1. The molecule has 0 saturated heterocycles. The third-order valence-electron chi connectivity index (χ3n) is 3.91. The van der Waals surface area contributed by atoms with Gasteiger partial charge >= 0.3 is 0 Å². The van der Waals surface area contributed by atoms with E-state index in [9.17, 15) is 0 Å². The van der Waals surface area contributed by atoms with E-state index in [0.717, 1.165) is 17.3 Å². The first-order valence-corrected chi connectivity index (χ1v) is 8.84. The van der Waals surface area contributed by atoms with Crippen molar-refractivity contribution in [2.24, 2.45) is 0 Å². The zero-order valence-corrected chi connectivity index (χ0v) is 14.7. The van der Waals surface area contributed by atoms with Crippen molar-refractivity contribution in [1.29, 1.82) is 0 Å². The van der Waals surface area contributed by atoms with E-state index in [4.69, 9.17) is 0 Å². The summed E-state index contributed by atoms with van der Waals surface area (Å²) >= 11 is 3.68. The molecule has 2 rings (SSSR count). The molecule has 0 aliphatic heterocycles. The molecule has 0 aliphatic rings. The quantitative estimate of drug-likeness (QED) is 0.531. The summed E-state index contributed by atoms with van der Waals surface area (Å²) in [6.45, 7) is 4.51. The third-order valence-corrected chi connectivity index (χ3v) is 4.57. The molecule has 21 heavy (non-hydrogen) atoms. The first-order chi connectivity index (χ1) is 10.3. The highest BCUT2D eigenvalue weighted by Gasteiger charge is 2.12. The highest BCUT2D eigenvalue weighted by Crippen LogP contribution is 2.34. The van der Waals surface area contributed by atoms with Crippen molar-refractivity contribution in [2.75, 3.05) is 0 Å². The van der Waals surface area contributed by atoms with Crippen LogP contribution in [-0.2, 0) is 12.8 Å². The van der Waals surface area contributed by atoms with E-state index in [-0.39, 0.29) is 0 Å². The second kappa shape index (κ2) is 8.38. The highest BCUT2D eigenvalue weighted by molar-refractivity contribution is 9.10.